The van der Waals surface area contributed by atoms with Crippen LogP contribution in [0.15, 0.2) is 24.3 Å². The second-order valence-corrected chi connectivity index (χ2v) is 5.41. The smallest absolute Gasteiger partial charge is 0.330 e. The summed E-state index contributed by atoms with van der Waals surface area (Å²) in [7, 11) is 1.50. The van der Waals surface area contributed by atoms with Gasteiger partial charge in [0.15, 0.2) is 6.04 Å². The van der Waals surface area contributed by atoms with E-state index in [9.17, 15) is 14.7 Å². The summed E-state index contributed by atoms with van der Waals surface area (Å²) >= 11 is 5.97. The molecule has 0 aromatic heterocycles. The Morgan fingerprint density at radius 1 is 1.40 bits per heavy atom. The van der Waals surface area contributed by atoms with E-state index in [1.165, 1.54) is 7.11 Å². The second-order valence-electron chi connectivity index (χ2n) is 5.00. The van der Waals surface area contributed by atoms with Crippen LogP contribution in [0, 0.1) is 0 Å². The SMILES string of the molecule is COC(C)(C)CC(=O)N[C@@H](C(=O)O)c1ccccc1Cl. The zero-order chi connectivity index (χ0) is 15.3. The molecule has 0 radical (unpaired) electrons. The summed E-state index contributed by atoms with van der Waals surface area (Å²) < 4.78 is 5.15. The number of halogens is 1. The largest absolute Gasteiger partial charge is 0.479 e. The standard InChI is InChI=1S/C14H18ClNO4/c1-14(2,20-3)8-11(17)16-12(13(18)19)9-6-4-5-7-10(9)15/h4-7,12H,8H2,1-3H3,(H,16,17)(H,18,19)/t12-/m1/s1. The molecule has 2 N–H and O–H groups in total. The van der Waals surface area contributed by atoms with Gasteiger partial charge in [-0.1, -0.05) is 29.8 Å². The average molecular weight is 300 g/mol. The number of carbonyl (C=O) groups is 2. The molecule has 1 amide bonds. The van der Waals surface area contributed by atoms with E-state index in [-0.39, 0.29) is 6.42 Å². The Kier molecular flexibility index (Phi) is 5.53. The number of carboxylic acids is 1. The highest BCUT2D eigenvalue weighted by Crippen LogP contribution is 2.23. The first-order valence-corrected chi connectivity index (χ1v) is 6.46. The van der Waals surface area contributed by atoms with E-state index in [4.69, 9.17) is 16.3 Å². The molecule has 0 heterocycles. The molecule has 6 heteroatoms. The van der Waals surface area contributed by atoms with Gasteiger partial charge in [-0.25, -0.2) is 4.79 Å². The molecule has 0 unspecified atom stereocenters. The maximum absolute atomic E-state index is 11.9. The molecule has 0 aliphatic heterocycles. The third-order valence-electron chi connectivity index (χ3n) is 2.91. The van der Waals surface area contributed by atoms with Gasteiger partial charge < -0.3 is 15.2 Å². The monoisotopic (exact) mass is 299 g/mol. The van der Waals surface area contributed by atoms with Crippen LogP contribution < -0.4 is 5.32 Å². The number of benzene rings is 1. The molecular formula is C14H18ClNO4. The van der Waals surface area contributed by atoms with Crippen molar-refractivity contribution in [1.82, 2.24) is 5.32 Å². The van der Waals surface area contributed by atoms with E-state index >= 15 is 0 Å². The van der Waals surface area contributed by atoms with Crippen LogP contribution >= 0.6 is 11.6 Å². The Balaban J connectivity index is 2.87. The van der Waals surface area contributed by atoms with Crippen molar-refractivity contribution in [3.8, 4) is 0 Å². The molecular weight excluding hydrogens is 282 g/mol. The number of aliphatic carboxylic acids is 1. The zero-order valence-electron chi connectivity index (χ0n) is 11.6. The maximum Gasteiger partial charge on any atom is 0.330 e. The second kappa shape index (κ2) is 6.72. The molecule has 0 spiro atoms. The molecule has 1 aromatic carbocycles. The number of carbonyl (C=O) groups excluding carboxylic acids is 1. The van der Waals surface area contributed by atoms with Crippen molar-refractivity contribution in [2.24, 2.45) is 0 Å². The third-order valence-corrected chi connectivity index (χ3v) is 3.25. The summed E-state index contributed by atoms with van der Waals surface area (Å²) in [5.41, 5.74) is -0.307. The summed E-state index contributed by atoms with van der Waals surface area (Å²) in [6, 6.07) is 5.34. The van der Waals surface area contributed by atoms with Crippen LogP contribution in [0.1, 0.15) is 31.9 Å². The molecule has 20 heavy (non-hydrogen) atoms. The number of amides is 1. The van der Waals surface area contributed by atoms with Gasteiger partial charge in [-0.05, 0) is 19.9 Å². The highest BCUT2D eigenvalue weighted by molar-refractivity contribution is 6.31. The molecule has 0 aliphatic carbocycles. The van der Waals surface area contributed by atoms with Gasteiger partial charge in [0.25, 0.3) is 0 Å². The van der Waals surface area contributed by atoms with E-state index in [1.54, 1.807) is 38.1 Å². The van der Waals surface area contributed by atoms with Crippen LogP contribution in [0.2, 0.25) is 5.02 Å². The van der Waals surface area contributed by atoms with Crippen molar-refractivity contribution in [3.05, 3.63) is 34.9 Å². The summed E-state index contributed by atoms with van der Waals surface area (Å²) in [5.74, 6) is -1.58. The Hall–Kier alpha value is -1.59. The lowest BCUT2D eigenvalue weighted by molar-refractivity contribution is -0.143. The molecule has 5 nitrogen and oxygen atoms in total. The first-order valence-electron chi connectivity index (χ1n) is 6.08. The third kappa shape index (κ3) is 4.51. The molecule has 0 aliphatic rings. The summed E-state index contributed by atoms with van der Waals surface area (Å²) in [6.07, 6.45) is 0.0533. The normalized spacial score (nSPS) is 12.8. The Labute approximate surface area is 122 Å². The van der Waals surface area contributed by atoms with Crippen molar-refractivity contribution >= 4 is 23.5 Å². The van der Waals surface area contributed by atoms with Crippen molar-refractivity contribution < 1.29 is 19.4 Å². The Morgan fingerprint density at radius 2 is 2.00 bits per heavy atom. The number of hydrogen-bond acceptors (Lipinski definition) is 3. The Morgan fingerprint density at radius 3 is 2.50 bits per heavy atom. The molecule has 1 atom stereocenters. The first kappa shape index (κ1) is 16.5. The van der Waals surface area contributed by atoms with Crippen LogP contribution in [0.5, 0.6) is 0 Å². The van der Waals surface area contributed by atoms with Crippen LogP contribution in [-0.2, 0) is 14.3 Å². The van der Waals surface area contributed by atoms with Gasteiger partial charge in [0.1, 0.15) is 0 Å². The van der Waals surface area contributed by atoms with Gasteiger partial charge in [0, 0.05) is 17.7 Å². The van der Waals surface area contributed by atoms with Gasteiger partial charge in [0.05, 0.1) is 12.0 Å². The van der Waals surface area contributed by atoms with E-state index < -0.39 is 23.5 Å². The molecule has 110 valence electrons. The van der Waals surface area contributed by atoms with E-state index in [0.29, 0.717) is 10.6 Å². The number of nitrogens with one attached hydrogen (secondary N) is 1. The van der Waals surface area contributed by atoms with Gasteiger partial charge in [-0.3, -0.25) is 4.79 Å². The van der Waals surface area contributed by atoms with Gasteiger partial charge in [-0.2, -0.15) is 0 Å². The number of methoxy groups -OCH3 is 1. The fourth-order valence-corrected chi connectivity index (χ4v) is 1.90. The Bertz CT molecular complexity index is 502. The van der Waals surface area contributed by atoms with Crippen LogP contribution in [0.25, 0.3) is 0 Å². The number of rotatable bonds is 6. The quantitative estimate of drug-likeness (QED) is 0.846. The average Bonchev–Trinajstić information content (AvgIpc) is 2.36. The van der Waals surface area contributed by atoms with Crippen LogP contribution in [0.4, 0.5) is 0 Å². The summed E-state index contributed by atoms with van der Waals surface area (Å²) in [6.45, 7) is 3.50. The maximum atomic E-state index is 11.9. The molecule has 0 bridgehead atoms. The summed E-state index contributed by atoms with van der Waals surface area (Å²) in [5, 5.41) is 12.0. The van der Waals surface area contributed by atoms with E-state index in [1.807, 2.05) is 0 Å². The summed E-state index contributed by atoms with van der Waals surface area (Å²) in [4.78, 5) is 23.2. The van der Waals surface area contributed by atoms with Crippen molar-refractivity contribution in [2.45, 2.75) is 31.9 Å². The lowest BCUT2D eigenvalue weighted by Crippen LogP contribution is -2.38. The minimum Gasteiger partial charge on any atom is -0.479 e. The molecule has 0 saturated heterocycles. The first-order chi connectivity index (χ1) is 9.26. The zero-order valence-corrected chi connectivity index (χ0v) is 12.4. The predicted molar refractivity (Wildman–Crippen MR) is 75.7 cm³/mol. The molecule has 1 rings (SSSR count). The highest BCUT2D eigenvalue weighted by atomic mass is 35.5. The number of ether oxygens (including phenoxy) is 1. The van der Waals surface area contributed by atoms with Gasteiger partial charge >= 0.3 is 5.97 Å². The van der Waals surface area contributed by atoms with Gasteiger partial charge in [0.2, 0.25) is 5.91 Å². The van der Waals surface area contributed by atoms with Crippen LogP contribution in [-0.4, -0.2) is 29.7 Å². The van der Waals surface area contributed by atoms with Crippen LogP contribution in [0.3, 0.4) is 0 Å². The van der Waals surface area contributed by atoms with Crippen molar-refractivity contribution in [2.75, 3.05) is 7.11 Å². The fraction of sp³-hybridized carbons (Fsp3) is 0.429. The van der Waals surface area contributed by atoms with E-state index in [0.717, 1.165) is 0 Å². The molecule has 1 aromatic rings. The fourth-order valence-electron chi connectivity index (χ4n) is 1.65. The topological polar surface area (TPSA) is 75.6 Å². The van der Waals surface area contributed by atoms with Crippen molar-refractivity contribution in [1.29, 1.82) is 0 Å². The number of hydrogen-bond donors (Lipinski definition) is 2. The highest BCUT2D eigenvalue weighted by Gasteiger charge is 2.27. The minimum atomic E-state index is -1.18. The lowest BCUT2D eigenvalue weighted by Gasteiger charge is -2.23. The molecule has 0 saturated carbocycles. The van der Waals surface area contributed by atoms with E-state index in [2.05, 4.69) is 5.32 Å². The van der Waals surface area contributed by atoms with Crippen molar-refractivity contribution in [3.63, 3.8) is 0 Å². The predicted octanol–water partition coefficient (Wildman–Crippen LogP) is 2.40. The minimum absolute atomic E-state index is 0.0533. The number of carboxylic acid groups (broad SMARTS) is 1. The lowest BCUT2D eigenvalue weighted by atomic mass is 10.0. The molecule has 0 fully saturated rings. The van der Waals surface area contributed by atoms with Gasteiger partial charge in [-0.15, -0.1) is 0 Å².